The molecule has 0 radical (unpaired) electrons. The lowest BCUT2D eigenvalue weighted by molar-refractivity contribution is -0.123. The highest BCUT2D eigenvalue weighted by molar-refractivity contribution is 6.32. The Morgan fingerprint density at radius 2 is 1.36 bits per heavy atom. The maximum absolute atomic E-state index is 14.2. The van der Waals surface area contributed by atoms with Crippen LogP contribution in [0.3, 0.4) is 0 Å². The largest absolute Gasteiger partial charge is 0.494 e. The number of ether oxygens (including phenoxy) is 2. The number of amides is 1. The second-order valence-electron chi connectivity index (χ2n) is 16.4. The van der Waals surface area contributed by atoms with E-state index in [1.807, 2.05) is 52.0 Å². The van der Waals surface area contributed by atoms with Crippen LogP contribution in [0.1, 0.15) is 97.0 Å². The lowest BCUT2D eigenvalue weighted by Gasteiger charge is -2.28. The predicted octanol–water partition coefficient (Wildman–Crippen LogP) is 8.81. The summed E-state index contributed by atoms with van der Waals surface area (Å²) in [7, 11) is 0. The Morgan fingerprint density at radius 1 is 0.803 bits per heavy atom. The molecule has 0 spiro atoms. The standard InChI is InChI=1S/C47H65ClN6O7/c1-9-54(10-2)28-11-29-59-38-19-14-36(15-20-38)45-43(40-30-37(48)16-21-41(40)61-45)44(56)35-12-17-39(18-13-35)60-31-42(55)49-25-22-34(23-26-50-46(5,6)32(3)52-57)24-27-51-47(7,8)33(4)53-58/h12-21,30,34,50-51,57-58H,9-11,22-29,31H2,1-8H3,(H,49,55)/b52-32+,53-33+. The van der Waals surface area contributed by atoms with Gasteiger partial charge in [0, 0.05) is 34.6 Å². The Hall–Kier alpha value is -4.95. The average molecular weight is 862 g/mol. The van der Waals surface area contributed by atoms with Gasteiger partial charge in [-0.2, -0.15) is 0 Å². The van der Waals surface area contributed by atoms with Gasteiger partial charge >= 0.3 is 0 Å². The summed E-state index contributed by atoms with van der Waals surface area (Å²) in [6.45, 7) is 21.0. The zero-order chi connectivity index (χ0) is 44.6. The molecule has 1 aromatic heterocycles. The average Bonchev–Trinajstić information content (AvgIpc) is 3.63. The molecule has 4 rings (SSSR count). The van der Waals surface area contributed by atoms with Crippen molar-refractivity contribution >= 4 is 45.7 Å². The highest BCUT2D eigenvalue weighted by Gasteiger charge is 2.26. The van der Waals surface area contributed by atoms with Gasteiger partial charge < -0.3 is 45.2 Å². The van der Waals surface area contributed by atoms with Crippen LogP contribution < -0.4 is 25.4 Å². The highest BCUT2D eigenvalue weighted by Crippen LogP contribution is 2.37. The van der Waals surface area contributed by atoms with Gasteiger partial charge in [0.1, 0.15) is 22.8 Å². The van der Waals surface area contributed by atoms with Crippen molar-refractivity contribution in [1.29, 1.82) is 0 Å². The fourth-order valence-corrected chi connectivity index (χ4v) is 6.97. The van der Waals surface area contributed by atoms with Crippen molar-refractivity contribution in [2.45, 2.75) is 92.2 Å². The molecule has 0 aliphatic carbocycles. The minimum absolute atomic E-state index is 0.187. The number of nitrogens with one attached hydrogen (secondary N) is 3. The first-order valence-electron chi connectivity index (χ1n) is 21.2. The van der Waals surface area contributed by atoms with E-state index in [0.717, 1.165) is 56.6 Å². The summed E-state index contributed by atoms with van der Waals surface area (Å²) in [6.07, 6.45) is 3.32. The molecule has 5 N–H and O–H groups in total. The molecule has 1 amide bonds. The van der Waals surface area contributed by atoms with Gasteiger partial charge in [-0.25, -0.2) is 0 Å². The van der Waals surface area contributed by atoms with Crippen LogP contribution >= 0.6 is 11.6 Å². The molecule has 0 atom stereocenters. The fraction of sp³-hybridized carbons (Fsp3) is 0.489. The first-order chi connectivity index (χ1) is 29.1. The molecule has 13 nitrogen and oxygen atoms in total. The molecular formula is C47H65ClN6O7. The molecule has 61 heavy (non-hydrogen) atoms. The lowest BCUT2D eigenvalue weighted by Crippen LogP contribution is -2.47. The molecule has 0 bridgehead atoms. The van der Waals surface area contributed by atoms with E-state index in [9.17, 15) is 20.0 Å². The van der Waals surface area contributed by atoms with E-state index in [1.165, 1.54) is 0 Å². The number of ketones is 1. The van der Waals surface area contributed by atoms with Crippen molar-refractivity contribution in [1.82, 2.24) is 20.9 Å². The van der Waals surface area contributed by atoms with E-state index in [0.29, 0.717) is 76.3 Å². The second kappa shape index (κ2) is 23.3. The molecule has 3 aromatic carbocycles. The molecule has 0 fully saturated rings. The number of benzene rings is 3. The van der Waals surface area contributed by atoms with Crippen molar-refractivity contribution in [3.63, 3.8) is 0 Å². The molecule has 0 unspecified atom stereocenters. The first-order valence-corrected chi connectivity index (χ1v) is 21.6. The zero-order valence-corrected chi connectivity index (χ0v) is 37.8. The van der Waals surface area contributed by atoms with Gasteiger partial charge in [0.15, 0.2) is 12.4 Å². The monoisotopic (exact) mass is 860 g/mol. The first kappa shape index (κ1) is 48.7. The van der Waals surface area contributed by atoms with Crippen LogP contribution in [0.15, 0.2) is 81.5 Å². The Labute approximate surface area is 365 Å². The zero-order valence-electron chi connectivity index (χ0n) is 37.1. The topological polar surface area (TPSA) is 170 Å². The molecule has 1 heterocycles. The highest BCUT2D eigenvalue weighted by atomic mass is 35.5. The Balaban J connectivity index is 1.35. The third-order valence-electron chi connectivity index (χ3n) is 11.5. The smallest absolute Gasteiger partial charge is 0.257 e. The molecule has 0 saturated heterocycles. The fourth-order valence-electron chi connectivity index (χ4n) is 6.80. The van der Waals surface area contributed by atoms with E-state index in [1.54, 1.807) is 56.3 Å². The van der Waals surface area contributed by atoms with E-state index < -0.39 is 11.1 Å². The summed E-state index contributed by atoms with van der Waals surface area (Å²) in [5.74, 6) is 1.38. The Bertz CT molecular complexity index is 2040. The number of halogens is 1. The van der Waals surface area contributed by atoms with Crippen LogP contribution in [0.4, 0.5) is 0 Å². The number of furan rings is 1. The number of rotatable bonds is 26. The van der Waals surface area contributed by atoms with Crippen LogP contribution in [-0.2, 0) is 4.79 Å². The summed E-state index contributed by atoms with van der Waals surface area (Å²) in [5.41, 5.74) is 2.35. The number of oxime groups is 2. The molecule has 0 saturated carbocycles. The van der Waals surface area contributed by atoms with E-state index in [-0.39, 0.29) is 24.2 Å². The SMILES string of the molecule is CCN(CC)CCCOc1ccc(-c2oc3ccc(Cl)cc3c2C(=O)c2ccc(OCC(=O)NCCC(CCNC(C)(C)/C(C)=N/O)CCNC(C)(C)/C(C)=N/O)cc2)cc1. The van der Waals surface area contributed by atoms with E-state index in [2.05, 4.69) is 45.0 Å². The minimum Gasteiger partial charge on any atom is -0.494 e. The van der Waals surface area contributed by atoms with Gasteiger partial charge in [-0.3, -0.25) is 9.59 Å². The maximum Gasteiger partial charge on any atom is 0.257 e. The van der Waals surface area contributed by atoms with Crippen molar-refractivity contribution in [2.24, 2.45) is 16.2 Å². The molecule has 0 aliphatic rings. The normalized spacial score (nSPS) is 12.7. The van der Waals surface area contributed by atoms with Crippen LogP contribution in [0.2, 0.25) is 5.02 Å². The van der Waals surface area contributed by atoms with Crippen LogP contribution in [0.5, 0.6) is 11.5 Å². The van der Waals surface area contributed by atoms with Gasteiger partial charge in [-0.05, 0) is 166 Å². The third kappa shape index (κ3) is 14.3. The predicted molar refractivity (Wildman–Crippen MR) is 244 cm³/mol. The van der Waals surface area contributed by atoms with E-state index >= 15 is 0 Å². The molecule has 0 aliphatic heterocycles. The summed E-state index contributed by atoms with van der Waals surface area (Å²) in [5, 5.41) is 36.2. The summed E-state index contributed by atoms with van der Waals surface area (Å²) < 4.78 is 18.1. The Morgan fingerprint density at radius 3 is 1.93 bits per heavy atom. The van der Waals surface area contributed by atoms with Gasteiger partial charge in [0.2, 0.25) is 0 Å². The number of carbonyl (C=O) groups excluding carboxylic acids is 2. The number of fused-ring (bicyclic) bond motifs is 1. The second-order valence-corrected chi connectivity index (χ2v) is 16.8. The van der Waals surface area contributed by atoms with Crippen LogP contribution in [0.25, 0.3) is 22.3 Å². The van der Waals surface area contributed by atoms with Crippen molar-refractivity contribution < 1.29 is 33.9 Å². The van der Waals surface area contributed by atoms with Crippen LogP contribution in [0, 0.1) is 5.92 Å². The van der Waals surface area contributed by atoms with Gasteiger partial charge in [-0.15, -0.1) is 0 Å². The minimum atomic E-state index is -0.468. The van der Waals surface area contributed by atoms with Gasteiger partial charge in [-0.1, -0.05) is 35.8 Å². The molecule has 14 heteroatoms. The number of hydrogen-bond acceptors (Lipinski definition) is 12. The van der Waals surface area contributed by atoms with Gasteiger partial charge in [0.05, 0.1) is 34.7 Å². The third-order valence-corrected chi connectivity index (χ3v) is 11.7. The van der Waals surface area contributed by atoms with Crippen molar-refractivity contribution in [2.75, 3.05) is 52.5 Å². The van der Waals surface area contributed by atoms with Crippen LogP contribution in [-0.4, -0.2) is 102 Å². The van der Waals surface area contributed by atoms with Crippen molar-refractivity contribution in [3.8, 4) is 22.8 Å². The summed E-state index contributed by atoms with van der Waals surface area (Å²) in [4.78, 5) is 29.4. The number of carbonyl (C=O) groups is 2. The quantitative estimate of drug-likeness (QED) is 0.0135. The number of hydrogen-bond donors (Lipinski definition) is 5. The molecule has 4 aromatic rings. The summed E-state index contributed by atoms with van der Waals surface area (Å²) in [6, 6.07) is 19.5. The Kier molecular flexibility index (Phi) is 18.6. The maximum atomic E-state index is 14.2. The molecule has 332 valence electrons. The summed E-state index contributed by atoms with van der Waals surface area (Å²) >= 11 is 6.39. The molecular weight excluding hydrogens is 796 g/mol. The number of nitrogens with zero attached hydrogens (tertiary/aromatic N) is 3. The lowest BCUT2D eigenvalue weighted by atomic mass is 9.94. The van der Waals surface area contributed by atoms with Gasteiger partial charge in [0.25, 0.3) is 5.91 Å². The van der Waals surface area contributed by atoms with Crippen molar-refractivity contribution in [3.05, 3.63) is 82.9 Å². The van der Waals surface area contributed by atoms with E-state index in [4.69, 9.17) is 25.5 Å².